The monoisotopic (exact) mass is 331 g/mol. The number of carbonyl (C=O) groups excluding carboxylic acids is 1. The number of nitrogens with two attached hydrogens (primary N) is 1. The highest BCUT2D eigenvalue weighted by atomic mass is 79.9. The molecule has 0 saturated carbocycles. The van der Waals surface area contributed by atoms with Crippen molar-refractivity contribution in [1.82, 2.24) is 0 Å². The Morgan fingerprint density at radius 1 is 1.40 bits per heavy atom. The minimum atomic E-state index is -4.01. The molecule has 0 fully saturated rings. The molecule has 1 aromatic carbocycles. The van der Waals surface area contributed by atoms with E-state index in [1.54, 1.807) is 0 Å². The van der Waals surface area contributed by atoms with Crippen LogP contribution >= 0.6 is 38.2 Å². The van der Waals surface area contributed by atoms with Crippen molar-refractivity contribution < 1.29 is 13.2 Å². The van der Waals surface area contributed by atoms with E-state index in [1.165, 1.54) is 12.1 Å². The van der Waals surface area contributed by atoms with Crippen LogP contribution in [0.3, 0.4) is 0 Å². The summed E-state index contributed by atoms with van der Waals surface area (Å²) in [5, 5.41) is -0.277. The predicted octanol–water partition coefficient (Wildman–Crippen LogP) is 2.13. The highest BCUT2D eigenvalue weighted by Crippen LogP contribution is 2.31. The van der Waals surface area contributed by atoms with Crippen LogP contribution in [0.5, 0.6) is 0 Å². The van der Waals surface area contributed by atoms with Gasteiger partial charge in [0.05, 0.1) is 10.6 Å². The second kappa shape index (κ2) is 4.29. The van der Waals surface area contributed by atoms with Crippen LogP contribution in [0.4, 0.5) is 0 Å². The van der Waals surface area contributed by atoms with Gasteiger partial charge in [0.25, 0.3) is 9.05 Å². The molecule has 8 heteroatoms. The van der Waals surface area contributed by atoms with E-state index in [2.05, 4.69) is 15.9 Å². The summed E-state index contributed by atoms with van der Waals surface area (Å²) in [6.45, 7) is 0. The van der Waals surface area contributed by atoms with Crippen molar-refractivity contribution in [2.24, 2.45) is 5.73 Å². The van der Waals surface area contributed by atoms with E-state index in [-0.39, 0.29) is 15.5 Å². The van der Waals surface area contributed by atoms with Crippen LogP contribution in [0.1, 0.15) is 10.4 Å². The van der Waals surface area contributed by atoms with Gasteiger partial charge < -0.3 is 5.73 Å². The molecule has 0 unspecified atom stereocenters. The molecule has 0 saturated heterocycles. The summed E-state index contributed by atoms with van der Waals surface area (Å²) in [5.41, 5.74) is 4.91. The fourth-order valence-electron chi connectivity index (χ4n) is 0.921. The van der Waals surface area contributed by atoms with E-state index in [0.717, 1.165) is 0 Å². The second-order valence-electron chi connectivity index (χ2n) is 2.57. The van der Waals surface area contributed by atoms with Gasteiger partial charge in [-0.3, -0.25) is 4.79 Å². The quantitative estimate of drug-likeness (QED) is 0.843. The largest absolute Gasteiger partial charge is 0.366 e. The van der Waals surface area contributed by atoms with Gasteiger partial charge in [-0.15, -0.1) is 0 Å². The third-order valence-corrected chi connectivity index (χ3v) is 3.86. The predicted molar refractivity (Wildman–Crippen MR) is 60.7 cm³/mol. The standard InChI is InChI=1S/C7H4BrCl2NO3S/c8-3-1-4(7(11)12)6(9)5(2-3)15(10,13)14/h1-2H,(H2,11,12). The first-order chi connectivity index (χ1) is 6.73. The number of primary amides is 1. The topological polar surface area (TPSA) is 77.2 Å². The first kappa shape index (κ1) is 12.8. The van der Waals surface area contributed by atoms with Gasteiger partial charge >= 0.3 is 0 Å². The van der Waals surface area contributed by atoms with Gasteiger partial charge in [-0.1, -0.05) is 27.5 Å². The molecule has 2 N–H and O–H groups in total. The lowest BCUT2D eigenvalue weighted by Crippen LogP contribution is -2.12. The molecule has 0 spiro atoms. The van der Waals surface area contributed by atoms with E-state index < -0.39 is 15.0 Å². The molecule has 0 aromatic heterocycles. The van der Waals surface area contributed by atoms with Crippen LogP contribution in [-0.4, -0.2) is 14.3 Å². The van der Waals surface area contributed by atoms with E-state index in [4.69, 9.17) is 28.0 Å². The summed E-state index contributed by atoms with van der Waals surface area (Å²) in [6, 6.07) is 2.51. The molecule has 0 aliphatic rings. The lowest BCUT2D eigenvalue weighted by atomic mass is 10.2. The maximum Gasteiger partial charge on any atom is 0.262 e. The van der Waals surface area contributed by atoms with Crippen molar-refractivity contribution >= 4 is 53.2 Å². The number of benzene rings is 1. The molecule has 1 aromatic rings. The zero-order chi connectivity index (χ0) is 11.8. The summed E-state index contributed by atoms with van der Waals surface area (Å²) >= 11 is 8.69. The number of amides is 1. The SMILES string of the molecule is NC(=O)c1cc(Br)cc(S(=O)(=O)Cl)c1Cl. The molecule has 82 valence electrons. The molecule has 1 amide bonds. The van der Waals surface area contributed by atoms with Crippen molar-refractivity contribution in [1.29, 1.82) is 0 Å². The summed E-state index contributed by atoms with van der Waals surface area (Å²) in [6.07, 6.45) is 0. The van der Waals surface area contributed by atoms with Crippen molar-refractivity contribution in [3.8, 4) is 0 Å². The van der Waals surface area contributed by atoms with Crippen LogP contribution in [0.15, 0.2) is 21.5 Å². The van der Waals surface area contributed by atoms with Gasteiger partial charge in [-0.05, 0) is 12.1 Å². The Hall–Kier alpha value is -0.300. The average Bonchev–Trinajstić information content (AvgIpc) is 2.06. The van der Waals surface area contributed by atoms with Crippen LogP contribution in [0, 0.1) is 0 Å². The van der Waals surface area contributed by atoms with Gasteiger partial charge in [-0.2, -0.15) is 0 Å². The summed E-state index contributed by atoms with van der Waals surface area (Å²) in [4.78, 5) is 10.6. The molecule has 0 heterocycles. The minimum absolute atomic E-state index is 0.106. The zero-order valence-electron chi connectivity index (χ0n) is 7.00. The maximum absolute atomic E-state index is 11.1. The smallest absolute Gasteiger partial charge is 0.262 e. The molecule has 15 heavy (non-hydrogen) atoms. The van der Waals surface area contributed by atoms with Crippen molar-refractivity contribution in [3.63, 3.8) is 0 Å². The zero-order valence-corrected chi connectivity index (χ0v) is 10.9. The number of hydrogen-bond donors (Lipinski definition) is 1. The van der Waals surface area contributed by atoms with E-state index in [9.17, 15) is 13.2 Å². The summed E-state index contributed by atoms with van der Waals surface area (Å²) in [5.74, 6) is -0.831. The lowest BCUT2D eigenvalue weighted by molar-refractivity contribution is 0.1000. The molecular formula is C7H4BrCl2NO3S. The second-order valence-corrected chi connectivity index (χ2v) is 6.40. The molecule has 0 aliphatic carbocycles. The normalized spacial score (nSPS) is 11.4. The summed E-state index contributed by atoms with van der Waals surface area (Å²) in [7, 11) is 1.12. The average molecular weight is 333 g/mol. The van der Waals surface area contributed by atoms with Gasteiger partial charge in [0, 0.05) is 15.2 Å². The Bertz CT molecular complexity index is 529. The van der Waals surface area contributed by atoms with Gasteiger partial charge in [0.2, 0.25) is 5.91 Å². The molecule has 4 nitrogen and oxygen atoms in total. The third-order valence-electron chi connectivity index (χ3n) is 1.53. The van der Waals surface area contributed by atoms with E-state index in [0.29, 0.717) is 4.47 Å². The Balaban J connectivity index is 3.63. The van der Waals surface area contributed by atoms with Crippen LogP contribution in [-0.2, 0) is 9.05 Å². The Kier molecular flexibility index (Phi) is 3.65. The highest BCUT2D eigenvalue weighted by molar-refractivity contribution is 9.10. The fourth-order valence-corrected chi connectivity index (χ4v) is 3.11. The Morgan fingerprint density at radius 2 is 1.93 bits per heavy atom. The number of rotatable bonds is 2. The van der Waals surface area contributed by atoms with Crippen molar-refractivity contribution in [2.75, 3.05) is 0 Å². The highest BCUT2D eigenvalue weighted by Gasteiger charge is 2.20. The van der Waals surface area contributed by atoms with Crippen molar-refractivity contribution in [2.45, 2.75) is 4.90 Å². The van der Waals surface area contributed by atoms with E-state index in [1.807, 2.05) is 0 Å². The first-order valence-corrected chi connectivity index (χ1v) is 6.95. The summed E-state index contributed by atoms with van der Waals surface area (Å²) < 4.78 is 22.5. The van der Waals surface area contributed by atoms with Gasteiger partial charge in [0.1, 0.15) is 4.90 Å². The molecular weight excluding hydrogens is 329 g/mol. The molecule has 1 rings (SSSR count). The van der Waals surface area contributed by atoms with Crippen LogP contribution in [0.2, 0.25) is 5.02 Å². The first-order valence-electron chi connectivity index (χ1n) is 3.47. The number of halogens is 3. The third kappa shape index (κ3) is 2.84. The number of carbonyl (C=O) groups is 1. The minimum Gasteiger partial charge on any atom is -0.366 e. The molecule has 0 atom stereocenters. The van der Waals surface area contributed by atoms with Crippen LogP contribution < -0.4 is 5.73 Å². The Morgan fingerprint density at radius 3 is 2.33 bits per heavy atom. The Labute approximate surface area is 104 Å². The molecule has 0 bridgehead atoms. The molecule has 0 radical (unpaired) electrons. The van der Waals surface area contributed by atoms with Gasteiger partial charge in [-0.25, -0.2) is 8.42 Å². The van der Waals surface area contributed by atoms with E-state index >= 15 is 0 Å². The molecule has 0 aliphatic heterocycles. The maximum atomic E-state index is 11.1. The number of hydrogen-bond acceptors (Lipinski definition) is 3. The van der Waals surface area contributed by atoms with Crippen LogP contribution in [0.25, 0.3) is 0 Å². The van der Waals surface area contributed by atoms with Gasteiger partial charge in [0.15, 0.2) is 0 Å². The fraction of sp³-hybridized carbons (Fsp3) is 0. The van der Waals surface area contributed by atoms with Crippen molar-refractivity contribution in [3.05, 3.63) is 27.2 Å². The lowest BCUT2D eigenvalue weighted by Gasteiger charge is -2.05.